The normalized spacial score (nSPS) is 21.0. The van der Waals surface area contributed by atoms with Gasteiger partial charge in [-0.25, -0.2) is 9.66 Å². The molecule has 2 heterocycles. The number of aromatic nitrogens is 2. The summed E-state index contributed by atoms with van der Waals surface area (Å²) in [7, 11) is 0. The summed E-state index contributed by atoms with van der Waals surface area (Å²) < 4.78 is 1.49. The number of nitriles is 1. The summed E-state index contributed by atoms with van der Waals surface area (Å²) in [5.41, 5.74) is 6.22. The molecule has 0 radical (unpaired) electrons. The molecule has 5 nitrogen and oxygen atoms in total. The Bertz CT molecular complexity index is 1090. The van der Waals surface area contributed by atoms with Crippen LogP contribution in [0.5, 0.6) is 0 Å². The van der Waals surface area contributed by atoms with E-state index >= 15 is 0 Å². The van der Waals surface area contributed by atoms with Crippen LogP contribution < -0.4 is 11.0 Å². The Morgan fingerprint density at radius 2 is 2.07 bits per heavy atom. The van der Waals surface area contributed by atoms with Gasteiger partial charge >= 0.3 is 0 Å². The minimum Gasteiger partial charge on any atom is -0.318 e. The molecule has 0 bridgehead atoms. The lowest BCUT2D eigenvalue weighted by Gasteiger charge is -2.17. The third-order valence-electron chi connectivity index (χ3n) is 4.96. The number of nitrogens with one attached hydrogen (secondary N) is 1. The summed E-state index contributed by atoms with van der Waals surface area (Å²) in [6.07, 6.45) is 5.00. The summed E-state index contributed by atoms with van der Waals surface area (Å²) in [6.45, 7) is 1.99. The van der Waals surface area contributed by atoms with Gasteiger partial charge in [0.15, 0.2) is 0 Å². The molecule has 1 aromatic carbocycles. The quantitative estimate of drug-likeness (QED) is 0.820. The predicted octanol–water partition coefficient (Wildman–Crippen LogP) is 4.25. The number of benzene rings is 1. The largest absolute Gasteiger partial charge is 0.318 e. The van der Waals surface area contributed by atoms with Crippen molar-refractivity contribution in [3.05, 3.63) is 79.5 Å². The molecule has 1 N–H and O–H groups in total. The van der Waals surface area contributed by atoms with E-state index in [4.69, 9.17) is 33.4 Å². The minimum absolute atomic E-state index is 0.0513. The summed E-state index contributed by atoms with van der Waals surface area (Å²) in [5.74, 6) is 0.460. The first-order chi connectivity index (χ1) is 13.0. The van der Waals surface area contributed by atoms with Crippen molar-refractivity contribution in [1.82, 2.24) is 9.66 Å². The summed E-state index contributed by atoms with van der Waals surface area (Å²) in [6, 6.07) is 9.02. The van der Waals surface area contributed by atoms with Crippen molar-refractivity contribution >= 4 is 28.8 Å². The highest BCUT2D eigenvalue weighted by Crippen LogP contribution is 2.37. The minimum atomic E-state index is -0.170. The molecule has 7 heteroatoms. The first-order valence-electron chi connectivity index (χ1n) is 8.62. The SMILES string of the molecule is CC1Nn2c(nc(C3=CCC(C#N)=CC3)cc2=O)C1c1ccc(Cl)cc1Cl. The van der Waals surface area contributed by atoms with Gasteiger partial charge in [-0.15, -0.1) is 0 Å². The van der Waals surface area contributed by atoms with Crippen LogP contribution in [0.25, 0.3) is 5.57 Å². The van der Waals surface area contributed by atoms with Crippen LogP contribution in [0.3, 0.4) is 0 Å². The maximum Gasteiger partial charge on any atom is 0.272 e. The lowest BCUT2D eigenvalue weighted by molar-refractivity contribution is 0.708. The third kappa shape index (κ3) is 3.16. The smallest absolute Gasteiger partial charge is 0.272 e. The van der Waals surface area contributed by atoms with Gasteiger partial charge in [-0.1, -0.05) is 41.4 Å². The Kier molecular flexibility index (Phi) is 4.55. The van der Waals surface area contributed by atoms with E-state index in [0.29, 0.717) is 34.4 Å². The second kappa shape index (κ2) is 6.88. The topological polar surface area (TPSA) is 70.7 Å². The highest BCUT2D eigenvalue weighted by atomic mass is 35.5. The van der Waals surface area contributed by atoms with Gasteiger partial charge in [-0.2, -0.15) is 5.26 Å². The second-order valence-electron chi connectivity index (χ2n) is 6.71. The molecule has 0 fully saturated rings. The van der Waals surface area contributed by atoms with E-state index in [2.05, 4.69) is 11.5 Å². The summed E-state index contributed by atoms with van der Waals surface area (Å²) in [4.78, 5) is 17.5. The fourth-order valence-electron chi connectivity index (χ4n) is 3.60. The Balaban J connectivity index is 1.79. The molecule has 1 aliphatic carbocycles. The molecule has 4 rings (SSSR count). The van der Waals surface area contributed by atoms with Crippen molar-refractivity contribution in [2.45, 2.75) is 31.7 Å². The van der Waals surface area contributed by atoms with Crippen LogP contribution in [0.2, 0.25) is 10.0 Å². The van der Waals surface area contributed by atoms with Gasteiger partial charge in [0.05, 0.1) is 23.7 Å². The van der Waals surface area contributed by atoms with Crippen LogP contribution in [0.4, 0.5) is 0 Å². The zero-order valence-corrected chi connectivity index (χ0v) is 16.1. The Morgan fingerprint density at radius 3 is 2.74 bits per heavy atom. The number of nitrogens with zero attached hydrogens (tertiary/aromatic N) is 3. The van der Waals surface area contributed by atoms with Crippen LogP contribution >= 0.6 is 23.2 Å². The Hall–Kier alpha value is -2.55. The molecule has 0 spiro atoms. The first-order valence-corrected chi connectivity index (χ1v) is 9.37. The van der Waals surface area contributed by atoms with Gasteiger partial charge in [0.25, 0.3) is 5.56 Å². The lowest BCUT2D eigenvalue weighted by atomic mass is 9.92. The zero-order valence-electron chi connectivity index (χ0n) is 14.5. The number of fused-ring (bicyclic) bond motifs is 1. The van der Waals surface area contributed by atoms with Gasteiger partial charge in [0.1, 0.15) is 5.82 Å². The Morgan fingerprint density at radius 1 is 1.26 bits per heavy atom. The summed E-state index contributed by atoms with van der Waals surface area (Å²) in [5, 5.41) is 10.1. The fourth-order valence-corrected chi connectivity index (χ4v) is 4.13. The van der Waals surface area contributed by atoms with Crippen molar-refractivity contribution < 1.29 is 0 Å². The highest BCUT2D eigenvalue weighted by molar-refractivity contribution is 6.35. The van der Waals surface area contributed by atoms with E-state index < -0.39 is 0 Å². The van der Waals surface area contributed by atoms with Crippen LogP contribution in [-0.4, -0.2) is 15.7 Å². The highest BCUT2D eigenvalue weighted by Gasteiger charge is 2.34. The third-order valence-corrected chi connectivity index (χ3v) is 5.52. The van der Waals surface area contributed by atoms with Gasteiger partial charge in [0.2, 0.25) is 0 Å². The molecule has 1 aromatic heterocycles. The van der Waals surface area contributed by atoms with Crippen molar-refractivity contribution in [2.75, 3.05) is 5.43 Å². The van der Waals surface area contributed by atoms with Gasteiger partial charge in [-0.3, -0.25) is 4.79 Å². The molecule has 136 valence electrons. The van der Waals surface area contributed by atoms with E-state index in [1.807, 2.05) is 25.1 Å². The number of hydrogen-bond donors (Lipinski definition) is 1. The van der Waals surface area contributed by atoms with Crippen molar-refractivity contribution in [2.24, 2.45) is 0 Å². The number of halogens is 2. The molecule has 0 saturated carbocycles. The van der Waals surface area contributed by atoms with Gasteiger partial charge in [-0.05, 0) is 36.6 Å². The molecule has 2 unspecified atom stereocenters. The fraction of sp³-hybridized carbons (Fsp3) is 0.250. The predicted molar refractivity (Wildman–Crippen MR) is 107 cm³/mol. The maximum atomic E-state index is 12.7. The number of rotatable bonds is 2. The molecular weight excluding hydrogens is 383 g/mol. The first kappa shape index (κ1) is 17.8. The van der Waals surface area contributed by atoms with Gasteiger partial charge in [0, 0.05) is 28.1 Å². The number of hydrogen-bond acceptors (Lipinski definition) is 4. The van der Waals surface area contributed by atoms with E-state index in [9.17, 15) is 4.79 Å². The van der Waals surface area contributed by atoms with E-state index in [1.165, 1.54) is 10.7 Å². The molecule has 2 aromatic rings. The summed E-state index contributed by atoms with van der Waals surface area (Å²) >= 11 is 12.5. The van der Waals surface area contributed by atoms with Crippen molar-refractivity contribution in [3.8, 4) is 6.07 Å². The van der Waals surface area contributed by atoms with E-state index in [0.717, 1.165) is 16.7 Å². The average Bonchev–Trinajstić information content (AvgIpc) is 2.98. The van der Waals surface area contributed by atoms with Crippen molar-refractivity contribution in [3.63, 3.8) is 0 Å². The lowest BCUT2D eigenvalue weighted by Crippen LogP contribution is -2.29. The number of allylic oxidation sites excluding steroid dienone is 4. The second-order valence-corrected chi connectivity index (χ2v) is 7.56. The zero-order chi connectivity index (χ0) is 19.1. The maximum absolute atomic E-state index is 12.7. The van der Waals surface area contributed by atoms with Crippen LogP contribution in [-0.2, 0) is 0 Å². The molecule has 0 saturated heterocycles. The molecule has 1 aliphatic heterocycles. The average molecular weight is 399 g/mol. The Labute approximate surface area is 166 Å². The molecule has 2 aliphatic rings. The molecular formula is C20H16Cl2N4O. The van der Waals surface area contributed by atoms with E-state index in [1.54, 1.807) is 12.1 Å². The molecule has 2 atom stereocenters. The van der Waals surface area contributed by atoms with Gasteiger partial charge < -0.3 is 5.43 Å². The monoisotopic (exact) mass is 398 g/mol. The van der Waals surface area contributed by atoms with Crippen LogP contribution in [0.15, 0.2) is 46.8 Å². The molecule has 27 heavy (non-hydrogen) atoms. The van der Waals surface area contributed by atoms with Crippen LogP contribution in [0.1, 0.15) is 42.8 Å². The van der Waals surface area contributed by atoms with E-state index in [-0.39, 0.29) is 17.5 Å². The molecule has 0 amide bonds. The van der Waals surface area contributed by atoms with Crippen molar-refractivity contribution in [1.29, 1.82) is 5.26 Å². The van der Waals surface area contributed by atoms with Crippen LogP contribution in [0, 0.1) is 11.3 Å². The standard InChI is InChI=1S/C20H16Cl2N4O/c1-11-19(15-7-6-14(21)8-16(15)22)20-24-17(9-18(27)26(20)25-11)13-4-2-12(10-23)3-5-13/h2,5-9,11,19,25H,3-4H2,1H3.